The van der Waals surface area contributed by atoms with Gasteiger partial charge >= 0.3 is 0 Å². The van der Waals surface area contributed by atoms with Crippen LogP contribution < -0.4 is 0 Å². The minimum absolute atomic E-state index is 0.902. The minimum Gasteiger partial charge on any atom is -0.0887 e. The lowest BCUT2D eigenvalue weighted by molar-refractivity contribution is 0.0739. The van der Waals surface area contributed by atoms with E-state index in [1.54, 1.807) is 11.1 Å². The molecule has 0 nitrogen and oxygen atoms in total. The first-order valence-corrected chi connectivity index (χ1v) is 10.5. The van der Waals surface area contributed by atoms with Crippen molar-refractivity contribution in [2.75, 3.05) is 0 Å². The first-order valence-electron chi connectivity index (χ1n) is 10.5. The van der Waals surface area contributed by atoms with E-state index in [-0.39, 0.29) is 0 Å². The molecule has 0 heteroatoms. The predicted octanol–water partition coefficient (Wildman–Crippen LogP) is 7.87. The molecule has 0 aliphatic heterocycles. The Bertz CT molecular complexity index is 470. The Labute approximate surface area is 151 Å². The Morgan fingerprint density at radius 3 is 2.54 bits per heavy atom. The molecule has 0 heterocycles. The van der Waals surface area contributed by atoms with Gasteiger partial charge in [-0.2, -0.15) is 0 Å². The zero-order valence-electron chi connectivity index (χ0n) is 16.9. The van der Waals surface area contributed by atoms with Gasteiger partial charge in [0.25, 0.3) is 0 Å². The predicted molar refractivity (Wildman–Crippen MR) is 108 cm³/mol. The molecule has 2 aliphatic carbocycles. The average molecular weight is 329 g/mol. The summed E-state index contributed by atoms with van der Waals surface area (Å²) in [7, 11) is 0. The van der Waals surface area contributed by atoms with Crippen LogP contribution in [0.2, 0.25) is 0 Å². The SMILES string of the molecule is C/C=C(\C)CCC(C)C(CCC)C1CC(CCCC2=C(C)C=C2)C1. The fourth-order valence-corrected chi connectivity index (χ4v) is 4.73. The largest absolute Gasteiger partial charge is 0.0887 e. The molecule has 1 saturated carbocycles. The Hall–Kier alpha value is -0.780. The molecule has 0 bridgehead atoms. The molecule has 1 fully saturated rings. The second-order valence-corrected chi connectivity index (χ2v) is 8.63. The van der Waals surface area contributed by atoms with E-state index in [9.17, 15) is 0 Å². The first-order chi connectivity index (χ1) is 11.5. The Kier molecular flexibility index (Phi) is 7.85. The van der Waals surface area contributed by atoms with Crippen LogP contribution in [-0.4, -0.2) is 0 Å². The van der Waals surface area contributed by atoms with Gasteiger partial charge in [0.15, 0.2) is 0 Å². The van der Waals surface area contributed by atoms with Crippen LogP contribution in [0, 0.1) is 23.7 Å². The third kappa shape index (κ3) is 5.36. The molecule has 0 radical (unpaired) electrons. The smallest absolute Gasteiger partial charge is 0.0276 e. The molecule has 24 heavy (non-hydrogen) atoms. The monoisotopic (exact) mass is 328 g/mol. The van der Waals surface area contributed by atoms with E-state index < -0.39 is 0 Å². The normalized spacial score (nSPS) is 26.1. The molecule has 0 saturated heterocycles. The average Bonchev–Trinajstić information content (AvgIpc) is 2.54. The summed E-state index contributed by atoms with van der Waals surface area (Å²) in [5.74, 6) is 3.94. The highest BCUT2D eigenvalue weighted by Crippen LogP contribution is 2.46. The van der Waals surface area contributed by atoms with Crippen molar-refractivity contribution in [3.8, 4) is 0 Å². The van der Waals surface area contributed by atoms with E-state index in [4.69, 9.17) is 0 Å². The standard InChI is InChI=1S/C24H40/c1-6-9-24(20(5)13-12-18(3)7-2)23-16-21(17-23)10-8-11-22-15-14-19(22)4/h7,14-15,20-21,23-24H,6,8-13,16-17H2,1-5H3/b18-7+. The fourth-order valence-electron chi connectivity index (χ4n) is 4.73. The van der Waals surface area contributed by atoms with Gasteiger partial charge in [0, 0.05) is 0 Å². The van der Waals surface area contributed by atoms with Crippen LogP contribution in [0.4, 0.5) is 0 Å². The van der Waals surface area contributed by atoms with E-state index >= 15 is 0 Å². The molecular weight excluding hydrogens is 288 g/mol. The molecular formula is C24H40. The van der Waals surface area contributed by atoms with Crippen LogP contribution in [-0.2, 0) is 0 Å². The third-order valence-electron chi connectivity index (χ3n) is 6.82. The number of hydrogen-bond acceptors (Lipinski definition) is 0. The van der Waals surface area contributed by atoms with Crippen LogP contribution in [0.1, 0.15) is 92.4 Å². The zero-order chi connectivity index (χ0) is 17.5. The van der Waals surface area contributed by atoms with E-state index in [0.717, 1.165) is 23.7 Å². The maximum absolute atomic E-state index is 2.52. The number of allylic oxidation sites excluding steroid dienone is 6. The van der Waals surface area contributed by atoms with Gasteiger partial charge in [-0.1, -0.05) is 56.9 Å². The van der Waals surface area contributed by atoms with Crippen molar-refractivity contribution in [1.82, 2.24) is 0 Å². The molecule has 136 valence electrons. The summed E-state index contributed by atoms with van der Waals surface area (Å²) in [6.45, 7) is 11.6. The van der Waals surface area contributed by atoms with Gasteiger partial charge in [0.05, 0.1) is 0 Å². The molecule has 0 spiro atoms. The summed E-state index contributed by atoms with van der Waals surface area (Å²) in [5.41, 5.74) is 4.70. The highest BCUT2D eigenvalue weighted by atomic mass is 14.4. The highest BCUT2D eigenvalue weighted by Gasteiger charge is 2.36. The van der Waals surface area contributed by atoms with Crippen LogP contribution in [0.3, 0.4) is 0 Å². The summed E-state index contributed by atoms with van der Waals surface area (Å²) >= 11 is 0. The first kappa shape index (κ1) is 19.5. The van der Waals surface area contributed by atoms with Crippen molar-refractivity contribution in [2.45, 2.75) is 92.4 Å². The second-order valence-electron chi connectivity index (χ2n) is 8.63. The molecule has 0 N–H and O–H groups in total. The van der Waals surface area contributed by atoms with Crippen molar-refractivity contribution in [3.05, 3.63) is 34.9 Å². The second kappa shape index (κ2) is 9.64. The quantitative estimate of drug-likeness (QED) is 0.338. The molecule has 2 unspecified atom stereocenters. The Morgan fingerprint density at radius 2 is 2.00 bits per heavy atom. The van der Waals surface area contributed by atoms with Crippen molar-refractivity contribution in [3.63, 3.8) is 0 Å². The summed E-state index contributed by atoms with van der Waals surface area (Å²) in [5, 5.41) is 0. The molecule has 2 aliphatic rings. The Balaban J connectivity index is 1.68. The maximum atomic E-state index is 2.52. The fraction of sp³-hybridized carbons (Fsp3) is 0.750. The molecule has 0 aromatic rings. The van der Waals surface area contributed by atoms with Crippen LogP contribution >= 0.6 is 0 Å². The lowest BCUT2D eigenvalue weighted by Gasteiger charge is -2.43. The van der Waals surface area contributed by atoms with Crippen molar-refractivity contribution >= 4 is 0 Å². The molecule has 2 rings (SSSR count). The van der Waals surface area contributed by atoms with Crippen molar-refractivity contribution in [1.29, 1.82) is 0 Å². The van der Waals surface area contributed by atoms with Gasteiger partial charge in [0.1, 0.15) is 0 Å². The van der Waals surface area contributed by atoms with Gasteiger partial charge in [0.2, 0.25) is 0 Å². The molecule has 0 aromatic carbocycles. The topological polar surface area (TPSA) is 0 Å². The molecule has 0 amide bonds. The molecule has 0 aromatic heterocycles. The summed E-state index contributed by atoms with van der Waals surface area (Å²) in [6, 6.07) is 0. The van der Waals surface area contributed by atoms with E-state index in [2.05, 4.69) is 52.8 Å². The van der Waals surface area contributed by atoms with Gasteiger partial charge in [-0.05, 0) is 94.1 Å². The van der Waals surface area contributed by atoms with E-state index in [1.807, 2.05) is 0 Å². The van der Waals surface area contributed by atoms with Gasteiger partial charge < -0.3 is 0 Å². The summed E-state index contributed by atoms with van der Waals surface area (Å²) < 4.78 is 0. The van der Waals surface area contributed by atoms with Gasteiger partial charge in [-0.15, -0.1) is 0 Å². The summed E-state index contributed by atoms with van der Waals surface area (Å²) in [6.07, 6.45) is 19.6. The third-order valence-corrected chi connectivity index (χ3v) is 6.82. The van der Waals surface area contributed by atoms with Crippen LogP contribution in [0.15, 0.2) is 34.9 Å². The van der Waals surface area contributed by atoms with Crippen molar-refractivity contribution in [2.24, 2.45) is 23.7 Å². The minimum atomic E-state index is 0.902. The zero-order valence-corrected chi connectivity index (χ0v) is 16.9. The summed E-state index contributed by atoms with van der Waals surface area (Å²) in [4.78, 5) is 0. The maximum Gasteiger partial charge on any atom is -0.0276 e. The van der Waals surface area contributed by atoms with Crippen LogP contribution in [0.25, 0.3) is 0 Å². The lowest BCUT2D eigenvalue weighted by atomic mass is 9.62. The number of rotatable bonds is 11. The van der Waals surface area contributed by atoms with Crippen LogP contribution in [0.5, 0.6) is 0 Å². The van der Waals surface area contributed by atoms with Gasteiger partial charge in [-0.3, -0.25) is 0 Å². The number of hydrogen-bond donors (Lipinski definition) is 0. The molecule has 2 atom stereocenters. The van der Waals surface area contributed by atoms with E-state index in [0.29, 0.717) is 0 Å². The van der Waals surface area contributed by atoms with Crippen molar-refractivity contribution < 1.29 is 0 Å². The van der Waals surface area contributed by atoms with E-state index in [1.165, 1.54) is 63.4 Å². The lowest BCUT2D eigenvalue weighted by Crippen LogP contribution is -2.33. The van der Waals surface area contributed by atoms with Gasteiger partial charge in [-0.25, -0.2) is 0 Å². The Morgan fingerprint density at radius 1 is 1.25 bits per heavy atom. The highest BCUT2D eigenvalue weighted by molar-refractivity contribution is 5.43.